The zero-order valence-corrected chi connectivity index (χ0v) is 11.7. The second-order valence-corrected chi connectivity index (χ2v) is 4.98. The Morgan fingerprint density at radius 1 is 1.33 bits per heavy atom. The van der Waals surface area contributed by atoms with E-state index in [-0.39, 0.29) is 5.91 Å². The van der Waals surface area contributed by atoms with Gasteiger partial charge in [0.05, 0.1) is 0 Å². The SMILES string of the molecule is O=C(O)COc1cccc(C(=O)NCC2CCOCC2)c1. The predicted octanol–water partition coefficient (Wildman–Crippen LogP) is 1.31. The number of ether oxygens (including phenoxy) is 2. The molecule has 0 saturated carbocycles. The number of hydrogen-bond donors (Lipinski definition) is 2. The molecular formula is C15H19NO5. The maximum atomic E-state index is 12.1. The van der Waals surface area contributed by atoms with E-state index in [4.69, 9.17) is 14.6 Å². The Morgan fingerprint density at radius 3 is 2.81 bits per heavy atom. The van der Waals surface area contributed by atoms with Gasteiger partial charge < -0.3 is 19.9 Å². The van der Waals surface area contributed by atoms with Gasteiger partial charge in [0.1, 0.15) is 5.75 Å². The summed E-state index contributed by atoms with van der Waals surface area (Å²) in [6.45, 7) is 1.70. The third-order valence-corrected chi connectivity index (χ3v) is 3.35. The predicted molar refractivity (Wildman–Crippen MR) is 75.4 cm³/mol. The highest BCUT2D eigenvalue weighted by atomic mass is 16.5. The summed E-state index contributed by atoms with van der Waals surface area (Å²) in [5.74, 6) is -0.406. The van der Waals surface area contributed by atoms with Crippen LogP contribution in [0.1, 0.15) is 23.2 Å². The number of carboxylic acids is 1. The van der Waals surface area contributed by atoms with Crippen LogP contribution in [0.25, 0.3) is 0 Å². The lowest BCUT2D eigenvalue weighted by atomic mass is 10.0. The van der Waals surface area contributed by atoms with Gasteiger partial charge in [-0.25, -0.2) is 4.79 Å². The Hall–Kier alpha value is -2.08. The monoisotopic (exact) mass is 293 g/mol. The first-order valence-corrected chi connectivity index (χ1v) is 6.96. The Bertz CT molecular complexity index is 497. The minimum Gasteiger partial charge on any atom is -0.482 e. The van der Waals surface area contributed by atoms with Crippen molar-refractivity contribution in [1.82, 2.24) is 5.32 Å². The molecule has 0 spiro atoms. The van der Waals surface area contributed by atoms with Gasteiger partial charge in [0.25, 0.3) is 5.91 Å². The first kappa shape index (κ1) is 15.3. The fourth-order valence-electron chi connectivity index (χ4n) is 2.16. The van der Waals surface area contributed by atoms with Gasteiger partial charge in [0.2, 0.25) is 0 Å². The first-order chi connectivity index (χ1) is 10.1. The maximum Gasteiger partial charge on any atom is 0.341 e. The summed E-state index contributed by atoms with van der Waals surface area (Å²) in [6.07, 6.45) is 1.92. The number of carbonyl (C=O) groups is 2. The van der Waals surface area contributed by atoms with Crippen molar-refractivity contribution in [2.24, 2.45) is 5.92 Å². The molecule has 0 atom stereocenters. The molecule has 1 aromatic rings. The second-order valence-electron chi connectivity index (χ2n) is 4.98. The van der Waals surface area contributed by atoms with Crippen molar-refractivity contribution >= 4 is 11.9 Å². The van der Waals surface area contributed by atoms with E-state index in [0.29, 0.717) is 23.8 Å². The van der Waals surface area contributed by atoms with Crippen LogP contribution in [-0.2, 0) is 9.53 Å². The molecule has 0 aromatic heterocycles. The van der Waals surface area contributed by atoms with Crippen molar-refractivity contribution in [3.05, 3.63) is 29.8 Å². The van der Waals surface area contributed by atoms with E-state index in [9.17, 15) is 9.59 Å². The second kappa shape index (κ2) is 7.64. The lowest BCUT2D eigenvalue weighted by Gasteiger charge is -2.22. The van der Waals surface area contributed by atoms with E-state index in [1.807, 2.05) is 0 Å². The van der Waals surface area contributed by atoms with E-state index >= 15 is 0 Å². The summed E-state index contributed by atoms with van der Waals surface area (Å²) in [4.78, 5) is 22.5. The largest absolute Gasteiger partial charge is 0.482 e. The molecule has 1 saturated heterocycles. The molecule has 2 rings (SSSR count). The number of nitrogens with one attached hydrogen (secondary N) is 1. The van der Waals surface area contributed by atoms with Gasteiger partial charge in [-0.05, 0) is 37.0 Å². The number of carbonyl (C=O) groups excluding carboxylic acids is 1. The fourth-order valence-corrected chi connectivity index (χ4v) is 2.16. The first-order valence-electron chi connectivity index (χ1n) is 6.96. The molecule has 0 aliphatic carbocycles. The molecule has 1 aliphatic rings. The van der Waals surface area contributed by atoms with Crippen molar-refractivity contribution in [2.75, 3.05) is 26.4 Å². The molecule has 1 fully saturated rings. The van der Waals surface area contributed by atoms with Crippen molar-refractivity contribution < 1.29 is 24.2 Å². The average molecular weight is 293 g/mol. The molecule has 1 aliphatic heterocycles. The Labute approximate surface area is 123 Å². The fraction of sp³-hybridized carbons (Fsp3) is 0.467. The highest BCUT2D eigenvalue weighted by molar-refractivity contribution is 5.94. The van der Waals surface area contributed by atoms with E-state index < -0.39 is 12.6 Å². The highest BCUT2D eigenvalue weighted by Gasteiger charge is 2.15. The Balaban J connectivity index is 1.86. The van der Waals surface area contributed by atoms with E-state index in [0.717, 1.165) is 26.1 Å². The van der Waals surface area contributed by atoms with Crippen LogP contribution in [0, 0.1) is 5.92 Å². The summed E-state index contributed by atoms with van der Waals surface area (Å²) in [6, 6.07) is 6.51. The van der Waals surface area contributed by atoms with Crippen molar-refractivity contribution in [3.63, 3.8) is 0 Å². The number of carboxylic acid groups (broad SMARTS) is 1. The van der Waals surface area contributed by atoms with E-state index in [1.54, 1.807) is 24.3 Å². The number of hydrogen-bond acceptors (Lipinski definition) is 4. The van der Waals surface area contributed by atoms with Crippen LogP contribution in [-0.4, -0.2) is 43.3 Å². The van der Waals surface area contributed by atoms with Crippen LogP contribution < -0.4 is 10.1 Å². The Morgan fingerprint density at radius 2 is 2.10 bits per heavy atom. The van der Waals surface area contributed by atoms with Gasteiger partial charge in [-0.3, -0.25) is 4.79 Å². The molecule has 0 bridgehead atoms. The number of benzene rings is 1. The van der Waals surface area contributed by atoms with Gasteiger partial charge in [0.15, 0.2) is 6.61 Å². The molecule has 1 aromatic carbocycles. The summed E-state index contributed by atoms with van der Waals surface area (Å²) in [5, 5.41) is 11.5. The van der Waals surface area contributed by atoms with E-state index in [2.05, 4.69) is 5.32 Å². The highest BCUT2D eigenvalue weighted by Crippen LogP contribution is 2.15. The minimum absolute atomic E-state index is 0.178. The molecule has 114 valence electrons. The van der Waals surface area contributed by atoms with Crippen LogP contribution >= 0.6 is 0 Å². The van der Waals surface area contributed by atoms with Crippen LogP contribution in [0.3, 0.4) is 0 Å². The smallest absolute Gasteiger partial charge is 0.341 e. The summed E-state index contributed by atoms with van der Waals surface area (Å²) < 4.78 is 10.3. The van der Waals surface area contributed by atoms with Crippen LogP contribution in [0.5, 0.6) is 5.75 Å². The summed E-state index contributed by atoms with van der Waals surface area (Å²) in [7, 11) is 0. The van der Waals surface area contributed by atoms with Gasteiger partial charge in [0, 0.05) is 25.3 Å². The molecule has 0 unspecified atom stereocenters. The van der Waals surface area contributed by atoms with Gasteiger partial charge in [-0.1, -0.05) is 6.07 Å². The van der Waals surface area contributed by atoms with Crippen molar-refractivity contribution in [3.8, 4) is 5.75 Å². The van der Waals surface area contributed by atoms with E-state index in [1.165, 1.54) is 0 Å². The van der Waals surface area contributed by atoms with Gasteiger partial charge in [-0.15, -0.1) is 0 Å². The lowest BCUT2D eigenvalue weighted by Crippen LogP contribution is -2.32. The van der Waals surface area contributed by atoms with Crippen molar-refractivity contribution in [2.45, 2.75) is 12.8 Å². The molecule has 2 N–H and O–H groups in total. The summed E-state index contributed by atoms with van der Waals surface area (Å²) in [5.41, 5.74) is 0.463. The minimum atomic E-state index is -1.05. The topological polar surface area (TPSA) is 84.9 Å². The quantitative estimate of drug-likeness (QED) is 0.826. The molecule has 1 amide bonds. The zero-order valence-electron chi connectivity index (χ0n) is 11.7. The number of aliphatic carboxylic acids is 1. The van der Waals surface area contributed by atoms with Crippen LogP contribution in [0.15, 0.2) is 24.3 Å². The number of amides is 1. The average Bonchev–Trinajstić information content (AvgIpc) is 2.52. The van der Waals surface area contributed by atoms with Gasteiger partial charge >= 0.3 is 5.97 Å². The van der Waals surface area contributed by atoms with Gasteiger partial charge in [-0.2, -0.15) is 0 Å². The molecule has 21 heavy (non-hydrogen) atoms. The molecule has 1 heterocycles. The van der Waals surface area contributed by atoms with Crippen LogP contribution in [0.2, 0.25) is 0 Å². The summed E-state index contributed by atoms with van der Waals surface area (Å²) >= 11 is 0. The third kappa shape index (κ3) is 5.07. The number of rotatable bonds is 6. The lowest BCUT2D eigenvalue weighted by molar-refractivity contribution is -0.139. The zero-order chi connectivity index (χ0) is 15.1. The molecule has 6 heteroatoms. The maximum absolute atomic E-state index is 12.1. The standard InChI is InChI=1S/C15H19NO5/c17-14(18)10-21-13-3-1-2-12(8-13)15(19)16-9-11-4-6-20-7-5-11/h1-3,8,11H,4-7,9-10H2,(H,16,19)(H,17,18). The normalized spacial score (nSPS) is 15.4. The molecular weight excluding hydrogens is 274 g/mol. The third-order valence-electron chi connectivity index (χ3n) is 3.35. The molecule has 6 nitrogen and oxygen atoms in total. The molecule has 0 radical (unpaired) electrons. The Kier molecular flexibility index (Phi) is 5.57. The van der Waals surface area contributed by atoms with Crippen LogP contribution in [0.4, 0.5) is 0 Å². The van der Waals surface area contributed by atoms with Crippen molar-refractivity contribution in [1.29, 1.82) is 0 Å².